The lowest BCUT2D eigenvalue weighted by molar-refractivity contribution is -0.136. The van der Waals surface area contributed by atoms with E-state index in [4.69, 9.17) is 28.3 Å². The highest BCUT2D eigenvalue weighted by molar-refractivity contribution is 6.36. The van der Waals surface area contributed by atoms with Crippen molar-refractivity contribution in [3.05, 3.63) is 34.2 Å². The molecule has 0 saturated heterocycles. The molecule has 0 aliphatic heterocycles. The number of pyridine rings is 1. The summed E-state index contributed by atoms with van der Waals surface area (Å²) in [6, 6.07) is 1.57. The largest absolute Gasteiger partial charge is 0.481 e. The number of carboxylic acids is 1. The van der Waals surface area contributed by atoms with Crippen molar-refractivity contribution in [3.63, 3.8) is 0 Å². The van der Waals surface area contributed by atoms with Crippen molar-refractivity contribution in [2.24, 2.45) is 0 Å². The molecule has 4 nitrogen and oxygen atoms in total. The summed E-state index contributed by atoms with van der Waals surface area (Å²) in [5.41, 5.74) is 0.962. The van der Waals surface area contributed by atoms with Crippen molar-refractivity contribution in [3.8, 4) is 0 Å². The smallest absolute Gasteiger partial charge is 0.309 e. The maximum atomic E-state index is 10.5. The van der Waals surface area contributed by atoms with Crippen LogP contribution in [0.4, 0.5) is 0 Å². The second kappa shape index (κ2) is 4.91. The first kappa shape index (κ1) is 13.1. The molecule has 86 valence electrons. The molecule has 0 radical (unpaired) electrons. The van der Waals surface area contributed by atoms with Crippen LogP contribution in [0.25, 0.3) is 5.65 Å². The van der Waals surface area contributed by atoms with E-state index in [1.165, 1.54) is 0 Å². The van der Waals surface area contributed by atoms with Crippen LogP contribution in [0, 0.1) is 0 Å². The Kier molecular flexibility index (Phi) is 4.02. The van der Waals surface area contributed by atoms with Crippen LogP contribution in [-0.4, -0.2) is 20.5 Å². The van der Waals surface area contributed by atoms with Crippen molar-refractivity contribution >= 4 is 47.2 Å². The Hall–Kier alpha value is -0.970. The van der Waals surface area contributed by atoms with Gasteiger partial charge < -0.3 is 9.51 Å². The van der Waals surface area contributed by atoms with E-state index in [1.807, 2.05) is 0 Å². The summed E-state index contributed by atoms with van der Waals surface area (Å²) in [4.78, 5) is 14.6. The minimum absolute atomic E-state index is 0. The maximum absolute atomic E-state index is 10.5. The Morgan fingerprint density at radius 1 is 1.44 bits per heavy atom. The molecule has 0 saturated carbocycles. The summed E-state index contributed by atoms with van der Waals surface area (Å²) in [7, 11) is 0. The predicted octanol–water partition coefficient (Wildman–Crippen LogP) is 2.69. The number of imidazole rings is 1. The van der Waals surface area contributed by atoms with E-state index in [0.29, 0.717) is 21.4 Å². The summed E-state index contributed by atoms with van der Waals surface area (Å²) < 4.78 is 1.61. The van der Waals surface area contributed by atoms with Gasteiger partial charge in [0.05, 0.1) is 22.2 Å². The van der Waals surface area contributed by atoms with Crippen LogP contribution < -0.4 is 0 Å². The molecule has 0 spiro atoms. The zero-order chi connectivity index (χ0) is 11.0. The first-order valence-electron chi connectivity index (χ1n) is 4.10. The standard InChI is InChI=1S/C9H6Cl2N2O2.ClH/c10-5-1-7(11)9-12-6(2-8(14)15)4-13(9)3-5;/h1,3-4H,2H2,(H,14,15);1H. The molecule has 2 heterocycles. The fraction of sp³-hybridized carbons (Fsp3) is 0.111. The quantitative estimate of drug-likeness (QED) is 0.921. The lowest BCUT2D eigenvalue weighted by Gasteiger charge is -1.95. The highest BCUT2D eigenvalue weighted by Gasteiger charge is 2.09. The van der Waals surface area contributed by atoms with Crippen molar-refractivity contribution < 1.29 is 9.90 Å². The molecule has 0 aromatic carbocycles. The molecule has 16 heavy (non-hydrogen) atoms. The van der Waals surface area contributed by atoms with E-state index in [0.717, 1.165) is 0 Å². The number of hydrogen-bond acceptors (Lipinski definition) is 2. The number of carboxylic acid groups (broad SMARTS) is 1. The number of nitrogens with zero attached hydrogens (tertiary/aromatic N) is 2. The molecule has 0 aliphatic rings. The molecule has 1 N–H and O–H groups in total. The molecule has 0 unspecified atom stereocenters. The fourth-order valence-corrected chi connectivity index (χ4v) is 1.84. The van der Waals surface area contributed by atoms with Crippen LogP contribution in [0.3, 0.4) is 0 Å². The third-order valence-corrected chi connectivity index (χ3v) is 2.34. The van der Waals surface area contributed by atoms with Gasteiger partial charge in [-0.3, -0.25) is 4.79 Å². The van der Waals surface area contributed by atoms with E-state index in [9.17, 15) is 4.79 Å². The third kappa shape index (κ3) is 2.58. The van der Waals surface area contributed by atoms with Crippen LogP contribution in [0.2, 0.25) is 10.0 Å². The summed E-state index contributed by atoms with van der Waals surface area (Å²) in [6.07, 6.45) is 3.10. The maximum Gasteiger partial charge on any atom is 0.309 e. The van der Waals surface area contributed by atoms with E-state index in [1.54, 1.807) is 22.9 Å². The zero-order valence-corrected chi connectivity index (χ0v) is 10.2. The van der Waals surface area contributed by atoms with E-state index in [-0.39, 0.29) is 18.8 Å². The number of rotatable bonds is 2. The average Bonchev–Trinajstić information content (AvgIpc) is 2.45. The Labute approximate surface area is 107 Å². The molecule has 0 atom stereocenters. The lowest BCUT2D eigenvalue weighted by Crippen LogP contribution is -1.99. The number of carbonyl (C=O) groups is 1. The van der Waals surface area contributed by atoms with Gasteiger partial charge in [0.25, 0.3) is 0 Å². The van der Waals surface area contributed by atoms with Gasteiger partial charge in [-0.15, -0.1) is 12.4 Å². The van der Waals surface area contributed by atoms with Gasteiger partial charge in [-0.25, -0.2) is 4.98 Å². The van der Waals surface area contributed by atoms with Gasteiger partial charge in [-0.2, -0.15) is 0 Å². The second-order valence-corrected chi connectivity index (χ2v) is 3.88. The number of aromatic nitrogens is 2. The number of halogens is 3. The summed E-state index contributed by atoms with van der Waals surface area (Å²) in [5.74, 6) is -0.930. The number of hydrogen-bond donors (Lipinski definition) is 1. The molecule has 0 fully saturated rings. The van der Waals surface area contributed by atoms with Crippen LogP contribution in [0.15, 0.2) is 18.5 Å². The van der Waals surface area contributed by atoms with Crippen molar-refractivity contribution in [1.29, 1.82) is 0 Å². The van der Waals surface area contributed by atoms with Crippen LogP contribution in [-0.2, 0) is 11.2 Å². The highest BCUT2D eigenvalue weighted by atomic mass is 35.5. The molecular weight excluding hydrogens is 274 g/mol. The fourth-order valence-electron chi connectivity index (χ4n) is 1.32. The Bertz CT molecular complexity index is 539. The normalized spacial score (nSPS) is 10.1. The predicted molar refractivity (Wildman–Crippen MR) is 63.8 cm³/mol. The van der Waals surface area contributed by atoms with Gasteiger partial charge >= 0.3 is 5.97 Å². The van der Waals surface area contributed by atoms with Gasteiger partial charge in [0, 0.05) is 12.4 Å². The topological polar surface area (TPSA) is 54.6 Å². The van der Waals surface area contributed by atoms with Gasteiger partial charge in [0.2, 0.25) is 0 Å². The molecule has 0 aliphatic carbocycles. The summed E-state index contributed by atoms with van der Waals surface area (Å²) in [5, 5.41) is 9.49. The minimum atomic E-state index is -0.930. The number of fused-ring (bicyclic) bond motifs is 1. The van der Waals surface area contributed by atoms with Gasteiger partial charge in [0.1, 0.15) is 0 Å². The molecular formula is C9H7Cl3N2O2. The minimum Gasteiger partial charge on any atom is -0.481 e. The third-order valence-electron chi connectivity index (χ3n) is 1.86. The van der Waals surface area contributed by atoms with Crippen LogP contribution in [0.5, 0.6) is 0 Å². The second-order valence-electron chi connectivity index (χ2n) is 3.04. The van der Waals surface area contributed by atoms with E-state index < -0.39 is 5.97 Å². The summed E-state index contributed by atoms with van der Waals surface area (Å²) >= 11 is 11.7. The van der Waals surface area contributed by atoms with Crippen molar-refractivity contribution in [2.75, 3.05) is 0 Å². The Balaban J connectivity index is 0.00000128. The monoisotopic (exact) mass is 280 g/mol. The number of aliphatic carboxylic acids is 1. The first-order chi connectivity index (χ1) is 7.06. The van der Waals surface area contributed by atoms with E-state index >= 15 is 0 Å². The van der Waals surface area contributed by atoms with Crippen LogP contribution in [0.1, 0.15) is 5.69 Å². The molecule has 0 amide bonds. The first-order valence-corrected chi connectivity index (χ1v) is 4.86. The SMILES string of the molecule is Cl.O=C(O)Cc1cn2cc(Cl)cc(Cl)c2n1. The molecule has 2 rings (SSSR count). The molecule has 7 heteroatoms. The van der Waals surface area contributed by atoms with Crippen LogP contribution >= 0.6 is 35.6 Å². The van der Waals surface area contributed by atoms with Crippen molar-refractivity contribution in [2.45, 2.75) is 6.42 Å². The Morgan fingerprint density at radius 2 is 2.12 bits per heavy atom. The van der Waals surface area contributed by atoms with Crippen molar-refractivity contribution in [1.82, 2.24) is 9.38 Å². The average molecular weight is 282 g/mol. The zero-order valence-electron chi connectivity index (χ0n) is 7.85. The summed E-state index contributed by atoms with van der Waals surface area (Å²) in [6.45, 7) is 0. The van der Waals surface area contributed by atoms with Gasteiger partial charge in [-0.05, 0) is 6.07 Å². The molecule has 0 bridgehead atoms. The van der Waals surface area contributed by atoms with Gasteiger partial charge in [-0.1, -0.05) is 23.2 Å². The highest BCUT2D eigenvalue weighted by Crippen LogP contribution is 2.21. The van der Waals surface area contributed by atoms with E-state index in [2.05, 4.69) is 4.98 Å². The van der Waals surface area contributed by atoms with Gasteiger partial charge in [0.15, 0.2) is 5.65 Å². The molecule has 2 aromatic heterocycles. The molecule has 2 aromatic rings. The Morgan fingerprint density at radius 3 is 2.75 bits per heavy atom. The lowest BCUT2D eigenvalue weighted by atomic mass is 10.3.